The zero-order chi connectivity index (χ0) is 34.2. The summed E-state index contributed by atoms with van der Waals surface area (Å²) in [5.41, 5.74) is 11.5. The monoisotopic (exact) mass is 664 g/mol. The van der Waals surface area contributed by atoms with Crippen LogP contribution in [0.1, 0.15) is 5.56 Å². The Hall–Kier alpha value is -6.91. The van der Waals surface area contributed by atoms with E-state index < -0.39 is 0 Å². The molecule has 0 spiro atoms. The summed E-state index contributed by atoms with van der Waals surface area (Å²) in [7, 11) is 0. The summed E-state index contributed by atoms with van der Waals surface area (Å²) in [5, 5.41) is 11.2. The van der Waals surface area contributed by atoms with Crippen molar-refractivity contribution in [1.82, 2.24) is 14.5 Å². The number of aliphatic imine (C=N–C) groups is 1. The lowest BCUT2D eigenvalue weighted by Crippen LogP contribution is -2.42. The van der Waals surface area contributed by atoms with Crippen LogP contribution in [-0.4, -0.2) is 21.1 Å². The van der Waals surface area contributed by atoms with E-state index in [1.807, 2.05) is 0 Å². The Morgan fingerprint density at radius 1 is 0.481 bits per heavy atom. The molecule has 1 aliphatic carbocycles. The van der Waals surface area contributed by atoms with Gasteiger partial charge in [0, 0.05) is 38.4 Å². The zero-order valence-corrected chi connectivity index (χ0v) is 28.2. The quantitative estimate of drug-likeness (QED) is 0.200. The highest BCUT2D eigenvalue weighted by Gasteiger charge is 2.27. The minimum Gasteiger partial charge on any atom is -0.345 e. The molecule has 0 saturated carbocycles. The maximum atomic E-state index is 5.39. The van der Waals surface area contributed by atoms with Crippen LogP contribution in [0.4, 0.5) is 0 Å². The Bertz CT molecular complexity index is 3030. The van der Waals surface area contributed by atoms with Gasteiger partial charge in [0.15, 0.2) is 0 Å². The predicted molar refractivity (Wildman–Crippen MR) is 218 cm³/mol. The molecular formula is C48H32N4. The topological polar surface area (TPSA) is 34.2 Å². The van der Waals surface area contributed by atoms with E-state index in [1.54, 1.807) is 0 Å². The Balaban J connectivity index is 1.15. The smallest absolute Gasteiger partial charge is 0.209 e. The van der Waals surface area contributed by atoms with Gasteiger partial charge in [0.2, 0.25) is 5.96 Å². The number of allylic oxidation sites excluding steroid dienone is 2. The first-order chi connectivity index (χ1) is 25.8. The fourth-order valence-electron chi connectivity index (χ4n) is 8.38. The van der Waals surface area contributed by atoms with Gasteiger partial charge < -0.3 is 9.88 Å². The highest BCUT2D eigenvalue weighted by molar-refractivity contribution is 6.24. The Labute approximate surface area is 300 Å². The first-order valence-corrected chi connectivity index (χ1v) is 17.9. The third-order valence-corrected chi connectivity index (χ3v) is 10.7. The summed E-state index contributed by atoms with van der Waals surface area (Å²) in [5.74, 6) is 0.825. The number of benzene rings is 7. The van der Waals surface area contributed by atoms with E-state index in [2.05, 4.69) is 196 Å². The minimum absolute atomic E-state index is 0.0182. The number of fused-ring (bicyclic) bond motifs is 9. The van der Waals surface area contributed by atoms with E-state index >= 15 is 0 Å². The second-order valence-corrected chi connectivity index (χ2v) is 13.6. The van der Waals surface area contributed by atoms with Crippen molar-refractivity contribution in [2.75, 3.05) is 0 Å². The summed E-state index contributed by atoms with van der Waals surface area (Å²) >= 11 is 0. The van der Waals surface area contributed by atoms with Crippen molar-refractivity contribution < 1.29 is 0 Å². The molecule has 0 fully saturated rings. The van der Waals surface area contributed by atoms with E-state index in [0.29, 0.717) is 0 Å². The van der Waals surface area contributed by atoms with Gasteiger partial charge in [-0.1, -0.05) is 133 Å². The fraction of sp³-hybridized carbons (Fsp3) is 0.0208. The first kappa shape index (κ1) is 28.9. The van der Waals surface area contributed by atoms with Gasteiger partial charge in [-0.3, -0.25) is 4.57 Å². The first-order valence-electron chi connectivity index (χ1n) is 17.9. The van der Waals surface area contributed by atoms with Crippen LogP contribution in [0.15, 0.2) is 193 Å². The van der Waals surface area contributed by atoms with Crippen LogP contribution in [0.25, 0.3) is 76.9 Å². The molecule has 0 amide bonds. The van der Waals surface area contributed by atoms with Crippen LogP contribution < -0.4 is 5.32 Å². The number of para-hydroxylation sites is 2. The summed E-state index contributed by atoms with van der Waals surface area (Å²) in [6, 6.07) is 57.0. The van der Waals surface area contributed by atoms with Crippen molar-refractivity contribution in [2.24, 2.45) is 4.99 Å². The largest absolute Gasteiger partial charge is 0.345 e. The summed E-state index contributed by atoms with van der Waals surface area (Å²) in [6.45, 7) is 0. The summed E-state index contributed by atoms with van der Waals surface area (Å²) in [6.07, 6.45) is 8.62. The maximum Gasteiger partial charge on any atom is 0.209 e. The molecule has 52 heavy (non-hydrogen) atoms. The second kappa shape index (κ2) is 11.3. The van der Waals surface area contributed by atoms with Crippen molar-refractivity contribution in [3.05, 3.63) is 193 Å². The molecule has 0 saturated heterocycles. The number of hydrogen-bond donors (Lipinski definition) is 1. The van der Waals surface area contributed by atoms with Gasteiger partial charge in [0.25, 0.3) is 0 Å². The molecule has 3 heterocycles. The number of nitrogens with one attached hydrogen (secondary N) is 1. The van der Waals surface area contributed by atoms with Crippen LogP contribution in [0, 0.1) is 0 Å². The highest BCUT2D eigenvalue weighted by atomic mass is 15.2. The van der Waals surface area contributed by atoms with Gasteiger partial charge in [-0.15, -0.1) is 0 Å². The molecule has 11 rings (SSSR count). The molecule has 4 heteroatoms. The van der Waals surface area contributed by atoms with Crippen LogP contribution in [-0.2, 0) is 0 Å². The van der Waals surface area contributed by atoms with Gasteiger partial charge in [-0.2, -0.15) is 0 Å². The lowest BCUT2D eigenvalue weighted by atomic mass is 9.95. The second-order valence-electron chi connectivity index (χ2n) is 13.6. The van der Waals surface area contributed by atoms with E-state index in [-0.39, 0.29) is 6.04 Å². The molecule has 0 radical (unpaired) electrons. The van der Waals surface area contributed by atoms with Crippen molar-refractivity contribution in [1.29, 1.82) is 0 Å². The number of hydrogen-bond acceptors (Lipinski definition) is 2. The molecule has 2 aliphatic rings. The molecule has 244 valence electrons. The van der Waals surface area contributed by atoms with Gasteiger partial charge in [-0.25, -0.2) is 4.99 Å². The minimum atomic E-state index is 0.0182. The number of rotatable bonds is 3. The van der Waals surface area contributed by atoms with Crippen molar-refractivity contribution >= 4 is 66.0 Å². The van der Waals surface area contributed by atoms with Crippen LogP contribution in [0.5, 0.6) is 0 Å². The van der Waals surface area contributed by atoms with E-state index in [0.717, 1.165) is 28.3 Å². The van der Waals surface area contributed by atoms with Crippen LogP contribution in [0.2, 0.25) is 0 Å². The Morgan fingerprint density at radius 3 is 1.96 bits per heavy atom. The van der Waals surface area contributed by atoms with Gasteiger partial charge in [0.1, 0.15) is 0 Å². The maximum absolute atomic E-state index is 5.39. The average molecular weight is 665 g/mol. The standard InChI is InChI=1S/C48H32N4/c1-3-14-32(15-4-1)47-38-20-9-11-21-41(38)49-48(50-47)52-44-27-25-34(30-40(44)46-36-18-8-7-13-31(36)23-28-45(46)52)33-24-26-43-39(29-33)37-19-10-12-22-42(37)51(43)35-16-5-2-6-17-35/h1-30,41H,(H,49,50). The number of nitrogens with zero attached hydrogens (tertiary/aromatic N) is 3. The average Bonchev–Trinajstić information content (AvgIpc) is 3.73. The predicted octanol–water partition coefficient (Wildman–Crippen LogP) is 11.4. The van der Waals surface area contributed by atoms with Gasteiger partial charge in [0.05, 0.1) is 33.8 Å². The molecule has 0 bridgehead atoms. The molecule has 9 aromatic rings. The fourth-order valence-corrected chi connectivity index (χ4v) is 8.38. The molecule has 1 N–H and O–H groups in total. The molecule has 7 aromatic carbocycles. The molecule has 1 atom stereocenters. The lowest BCUT2D eigenvalue weighted by molar-refractivity contribution is 0.805. The summed E-state index contributed by atoms with van der Waals surface area (Å²) in [4.78, 5) is 5.39. The van der Waals surface area contributed by atoms with Crippen molar-refractivity contribution in [3.8, 4) is 16.8 Å². The molecule has 2 aromatic heterocycles. The Kier molecular flexibility index (Phi) is 6.28. The SMILES string of the molecule is C1=CC2=C(c3ccccc3)N=C(n3c4ccc(-c5ccc6c(c5)c5ccccc5n6-c5ccccc5)cc4c4c5ccccc5ccc43)NC2C=C1. The Morgan fingerprint density at radius 2 is 1.13 bits per heavy atom. The zero-order valence-electron chi connectivity index (χ0n) is 28.2. The normalized spacial score (nSPS) is 15.5. The van der Waals surface area contributed by atoms with E-state index in [1.165, 1.54) is 65.7 Å². The van der Waals surface area contributed by atoms with Crippen molar-refractivity contribution in [3.63, 3.8) is 0 Å². The van der Waals surface area contributed by atoms with Crippen molar-refractivity contribution in [2.45, 2.75) is 6.04 Å². The van der Waals surface area contributed by atoms with E-state index in [4.69, 9.17) is 4.99 Å². The van der Waals surface area contributed by atoms with Crippen LogP contribution in [0.3, 0.4) is 0 Å². The third-order valence-electron chi connectivity index (χ3n) is 10.7. The van der Waals surface area contributed by atoms with E-state index in [9.17, 15) is 0 Å². The summed E-state index contributed by atoms with van der Waals surface area (Å²) < 4.78 is 4.69. The van der Waals surface area contributed by atoms with Gasteiger partial charge >= 0.3 is 0 Å². The molecule has 1 aliphatic heterocycles. The molecule has 4 nitrogen and oxygen atoms in total. The highest BCUT2D eigenvalue weighted by Crippen LogP contribution is 2.40. The van der Waals surface area contributed by atoms with Gasteiger partial charge in [-0.05, 0) is 70.4 Å². The lowest BCUT2D eigenvalue weighted by Gasteiger charge is -2.28. The molecular weight excluding hydrogens is 633 g/mol. The third kappa shape index (κ3) is 4.31. The van der Waals surface area contributed by atoms with Crippen LogP contribution >= 0.6 is 0 Å². The number of aromatic nitrogens is 2. The molecule has 1 unspecified atom stereocenters.